The van der Waals surface area contributed by atoms with E-state index in [4.69, 9.17) is 0 Å². The van der Waals surface area contributed by atoms with Crippen molar-refractivity contribution in [2.24, 2.45) is 5.92 Å². The van der Waals surface area contributed by atoms with Gasteiger partial charge in [-0.1, -0.05) is 22.6 Å². The SMILES string of the molecule is CN1CCC[C@H](CI)C1. The van der Waals surface area contributed by atoms with Gasteiger partial charge in [0.05, 0.1) is 0 Å². The number of piperidine rings is 1. The normalized spacial score (nSPS) is 30.7. The second-order valence-electron chi connectivity index (χ2n) is 2.92. The molecule has 0 aromatic rings. The largest absolute Gasteiger partial charge is 0.306 e. The van der Waals surface area contributed by atoms with E-state index in [2.05, 4.69) is 34.5 Å². The lowest BCUT2D eigenvalue weighted by atomic mass is 10.0. The Balaban J connectivity index is 2.23. The second kappa shape index (κ2) is 3.76. The van der Waals surface area contributed by atoms with E-state index in [-0.39, 0.29) is 0 Å². The van der Waals surface area contributed by atoms with Crippen LogP contribution in [0.4, 0.5) is 0 Å². The van der Waals surface area contributed by atoms with Gasteiger partial charge in [-0.25, -0.2) is 0 Å². The summed E-state index contributed by atoms with van der Waals surface area (Å²) in [6.45, 7) is 2.64. The molecule has 1 rings (SSSR count). The van der Waals surface area contributed by atoms with Gasteiger partial charge in [0.1, 0.15) is 0 Å². The van der Waals surface area contributed by atoms with Crippen LogP contribution >= 0.6 is 22.6 Å². The van der Waals surface area contributed by atoms with E-state index in [0.717, 1.165) is 5.92 Å². The minimum Gasteiger partial charge on any atom is -0.306 e. The number of likely N-dealkylation sites (tertiary alicyclic amines) is 1. The van der Waals surface area contributed by atoms with Gasteiger partial charge in [-0.3, -0.25) is 0 Å². The van der Waals surface area contributed by atoms with E-state index in [1.165, 1.54) is 30.4 Å². The highest BCUT2D eigenvalue weighted by molar-refractivity contribution is 14.1. The Morgan fingerprint density at radius 2 is 2.44 bits per heavy atom. The number of rotatable bonds is 1. The molecule has 1 fully saturated rings. The predicted molar refractivity (Wildman–Crippen MR) is 49.1 cm³/mol. The lowest BCUT2D eigenvalue weighted by molar-refractivity contribution is 0.226. The van der Waals surface area contributed by atoms with Crippen molar-refractivity contribution in [2.45, 2.75) is 12.8 Å². The molecule has 0 unspecified atom stereocenters. The van der Waals surface area contributed by atoms with Crippen molar-refractivity contribution in [2.75, 3.05) is 24.6 Å². The number of nitrogens with zero attached hydrogens (tertiary/aromatic N) is 1. The third-order valence-corrected chi connectivity index (χ3v) is 3.19. The summed E-state index contributed by atoms with van der Waals surface area (Å²) >= 11 is 2.49. The highest BCUT2D eigenvalue weighted by Gasteiger charge is 2.14. The highest BCUT2D eigenvalue weighted by atomic mass is 127. The topological polar surface area (TPSA) is 3.24 Å². The third kappa shape index (κ3) is 2.42. The molecule has 0 aromatic carbocycles. The Labute approximate surface area is 70.9 Å². The number of hydrogen-bond acceptors (Lipinski definition) is 1. The average Bonchev–Trinajstić information content (AvgIpc) is 1.88. The fraction of sp³-hybridized carbons (Fsp3) is 1.00. The molecule has 1 nitrogen and oxygen atoms in total. The van der Waals surface area contributed by atoms with E-state index < -0.39 is 0 Å². The van der Waals surface area contributed by atoms with Gasteiger partial charge in [0.15, 0.2) is 0 Å². The molecule has 0 saturated carbocycles. The maximum Gasteiger partial charge on any atom is 0.00359 e. The fourth-order valence-corrected chi connectivity index (χ4v) is 2.12. The first-order chi connectivity index (χ1) is 4.33. The fourth-order valence-electron chi connectivity index (χ4n) is 1.40. The molecule has 1 aliphatic heterocycles. The van der Waals surface area contributed by atoms with E-state index in [1.807, 2.05) is 0 Å². The van der Waals surface area contributed by atoms with E-state index in [9.17, 15) is 0 Å². The molecule has 0 aromatic heterocycles. The molecule has 0 radical (unpaired) electrons. The molecule has 1 heterocycles. The minimum atomic E-state index is 0.976. The van der Waals surface area contributed by atoms with Gasteiger partial charge in [-0.15, -0.1) is 0 Å². The van der Waals surface area contributed by atoms with Gasteiger partial charge >= 0.3 is 0 Å². The molecule has 0 bridgehead atoms. The van der Waals surface area contributed by atoms with Crippen LogP contribution in [0.3, 0.4) is 0 Å². The Morgan fingerprint density at radius 3 is 2.89 bits per heavy atom. The Bertz CT molecular complexity index is 85.0. The summed E-state index contributed by atoms with van der Waals surface area (Å²) in [5.41, 5.74) is 0. The summed E-state index contributed by atoms with van der Waals surface area (Å²) in [6, 6.07) is 0. The van der Waals surface area contributed by atoms with Crippen molar-refractivity contribution >= 4 is 22.6 Å². The van der Waals surface area contributed by atoms with Gasteiger partial charge in [-0.05, 0) is 32.4 Å². The van der Waals surface area contributed by atoms with Crippen LogP contribution in [0.15, 0.2) is 0 Å². The maximum absolute atomic E-state index is 2.49. The van der Waals surface area contributed by atoms with Crippen LogP contribution < -0.4 is 0 Å². The summed E-state index contributed by atoms with van der Waals surface area (Å²) in [5, 5.41) is 0. The number of hydrogen-bond donors (Lipinski definition) is 0. The summed E-state index contributed by atoms with van der Waals surface area (Å²) in [7, 11) is 2.22. The zero-order valence-electron chi connectivity index (χ0n) is 5.94. The van der Waals surface area contributed by atoms with Crippen LogP contribution in [-0.2, 0) is 0 Å². The molecular formula is C7H14IN. The molecule has 0 N–H and O–H groups in total. The monoisotopic (exact) mass is 239 g/mol. The average molecular weight is 239 g/mol. The molecule has 1 saturated heterocycles. The summed E-state index contributed by atoms with van der Waals surface area (Å²) in [4.78, 5) is 2.44. The maximum atomic E-state index is 2.49. The summed E-state index contributed by atoms with van der Waals surface area (Å²) in [5.74, 6) is 0.976. The standard InChI is InChI=1S/C7H14IN/c1-9-4-2-3-7(5-8)6-9/h7H,2-6H2,1H3/t7-/m1/s1. The summed E-state index contributed by atoms with van der Waals surface area (Å²) in [6.07, 6.45) is 2.86. The second-order valence-corrected chi connectivity index (χ2v) is 3.81. The molecule has 0 amide bonds. The summed E-state index contributed by atoms with van der Waals surface area (Å²) < 4.78 is 1.34. The first-order valence-electron chi connectivity index (χ1n) is 3.57. The van der Waals surface area contributed by atoms with Crippen molar-refractivity contribution in [1.29, 1.82) is 0 Å². The van der Waals surface area contributed by atoms with Gasteiger partial charge in [0.25, 0.3) is 0 Å². The van der Waals surface area contributed by atoms with Crippen LogP contribution in [0.1, 0.15) is 12.8 Å². The first kappa shape index (κ1) is 7.79. The first-order valence-corrected chi connectivity index (χ1v) is 5.10. The quantitative estimate of drug-likeness (QED) is 0.498. The predicted octanol–water partition coefficient (Wildman–Crippen LogP) is 1.76. The van der Waals surface area contributed by atoms with E-state index in [1.54, 1.807) is 0 Å². The molecule has 0 aliphatic carbocycles. The number of halogens is 1. The molecule has 54 valence electrons. The zero-order chi connectivity index (χ0) is 6.69. The van der Waals surface area contributed by atoms with E-state index in [0.29, 0.717) is 0 Å². The van der Waals surface area contributed by atoms with Gasteiger partial charge in [-0.2, -0.15) is 0 Å². The van der Waals surface area contributed by atoms with Crippen molar-refractivity contribution in [3.8, 4) is 0 Å². The molecule has 9 heavy (non-hydrogen) atoms. The van der Waals surface area contributed by atoms with Crippen LogP contribution in [0.5, 0.6) is 0 Å². The molecule has 0 spiro atoms. The van der Waals surface area contributed by atoms with Crippen molar-refractivity contribution in [3.63, 3.8) is 0 Å². The van der Waals surface area contributed by atoms with Crippen molar-refractivity contribution in [3.05, 3.63) is 0 Å². The van der Waals surface area contributed by atoms with Gasteiger partial charge in [0, 0.05) is 11.0 Å². The van der Waals surface area contributed by atoms with E-state index >= 15 is 0 Å². The smallest absolute Gasteiger partial charge is 0.00359 e. The number of alkyl halides is 1. The van der Waals surface area contributed by atoms with Crippen LogP contribution in [0.25, 0.3) is 0 Å². The Kier molecular flexibility index (Phi) is 3.26. The Hall–Kier alpha value is 0.690. The van der Waals surface area contributed by atoms with Crippen LogP contribution in [-0.4, -0.2) is 29.5 Å². The van der Waals surface area contributed by atoms with Crippen LogP contribution in [0.2, 0.25) is 0 Å². The zero-order valence-corrected chi connectivity index (χ0v) is 8.10. The molecule has 2 heteroatoms. The Morgan fingerprint density at radius 1 is 1.67 bits per heavy atom. The van der Waals surface area contributed by atoms with Gasteiger partial charge < -0.3 is 4.90 Å². The lowest BCUT2D eigenvalue weighted by Gasteiger charge is -2.28. The highest BCUT2D eigenvalue weighted by Crippen LogP contribution is 2.16. The molecule has 1 aliphatic rings. The van der Waals surface area contributed by atoms with Crippen LogP contribution in [0, 0.1) is 5.92 Å². The third-order valence-electron chi connectivity index (χ3n) is 1.94. The van der Waals surface area contributed by atoms with Crippen molar-refractivity contribution in [1.82, 2.24) is 4.90 Å². The molecule has 1 atom stereocenters. The minimum absolute atomic E-state index is 0.976. The molecular weight excluding hydrogens is 225 g/mol. The lowest BCUT2D eigenvalue weighted by Crippen LogP contribution is -2.32. The van der Waals surface area contributed by atoms with Gasteiger partial charge in [0.2, 0.25) is 0 Å². The van der Waals surface area contributed by atoms with Crippen molar-refractivity contribution < 1.29 is 0 Å².